The summed E-state index contributed by atoms with van der Waals surface area (Å²) in [5.41, 5.74) is 3.78. The van der Waals surface area contributed by atoms with Crippen LogP contribution in [0, 0.1) is 11.6 Å². The number of allylic oxidation sites excluding steroid dienone is 1. The van der Waals surface area contributed by atoms with Crippen LogP contribution in [0.1, 0.15) is 24.8 Å². The van der Waals surface area contributed by atoms with E-state index in [1.807, 2.05) is 60.7 Å². The fourth-order valence-corrected chi connectivity index (χ4v) is 3.15. The molecule has 0 aromatic heterocycles. The Morgan fingerprint density at radius 2 is 1.50 bits per heavy atom. The Kier molecular flexibility index (Phi) is 5.96. The molecule has 0 bridgehead atoms. The van der Waals surface area contributed by atoms with Crippen molar-refractivity contribution in [3.63, 3.8) is 0 Å². The van der Waals surface area contributed by atoms with Crippen molar-refractivity contribution in [1.29, 1.82) is 0 Å². The molecule has 0 aliphatic rings. The summed E-state index contributed by atoms with van der Waals surface area (Å²) < 4.78 is 28.5. The van der Waals surface area contributed by atoms with E-state index in [9.17, 15) is 8.78 Å². The number of halogens is 2. The largest absolute Gasteiger partial charge is 0.204 e. The van der Waals surface area contributed by atoms with Gasteiger partial charge in [0.15, 0.2) is 11.6 Å². The van der Waals surface area contributed by atoms with Gasteiger partial charge in [0.25, 0.3) is 0 Å². The van der Waals surface area contributed by atoms with Gasteiger partial charge in [0.1, 0.15) is 0 Å². The molecule has 3 aromatic carbocycles. The average molecular weight is 348 g/mol. The van der Waals surface area contributed by atoms with Crippen molar-refractivity contribution >= 4 is 0 Å². The molecule has 0 unspecified atom stereocenters. The van der Waals surface area contributed by atoms with E-state index in [4.69, 9.17) is 0 Å². The SMILES string of the molecule is C=CCCCCc1ccc(-c2c(-c3ccccc3)ccc(F)c2F)cc1. The highest BCUT2D eigenvalue weighted by molar-refractivity contribution is 5.84. The lowest BCUT2D eigenvalue weighted by Gasteiger charge is -2.13. The third kappa shape index (κ3) is 4.08. The molecule has 26 heavy (non-hydrogen) atoms. The van der Waals surface area contributed by atoms with Crippen molar-refractivity contribution in [2.75, 3.05) is 0 Å². The summed E-state index contributed by atoms with van der Waals surface area (Å²) in [6, 6.07) is 20.1. The van der Waals surface area contributed by atoms with Gasteiger partial charge in [0.05, 0.1) is 0 Å². The molecular formula is C24H22F2. The maximum absolute atomic E-state index is 14.6. The summed E-state index contributed by atoms with van der Waals surface area (Å²) in [6.45, 7) is 3.73. The predicted octanol–water partition coefficient (Wildman–Crippen LogP) is 7.20. The van der Waals surface area contributed by atoms with E-state index in [0.29, 0.717) is 16.7 Å². The zero-order valence-electron chi connectivity index (χ0n) is 14.7. The molecule has 0 aliphatic carbocycles. The molecule has 3 aromatic rings. The monoisotopic (exact) mass is 348 g/mol. The molecule has 132 valence electrons. The Hall–Kier alpha value is -2.74. The van der Waals surface area contributed by atoms with Gasteiger partial charge in [-0.3, -0.25) is 0 Å². The Bertz CT molecular complexity index is 865. The number of aryl methyl sites for hydroxylation is 1. The fourth-order valence-electron chi connectivity index (χ4n) is 3.15. The zero-order valence-corrected chi connectivity index (χ0v) is 14.7. The first kappa shape index (κ1) is 18.1. The Balaban J connectivity index is 1.93. The van der Waals surface area contributed by atoms with Gasteiger partial charge in [0, 0.05) is 5.56 Å². The van der Waals surface area contributed by atoms with Gasteiger partial charge in [-0.05, 0) is 54.0 Å². The smallest absolute Gasteiger partial charge is 0.167 e. The van der Waals surface area contributed by atoms with Crippen LogP contribution in [-0.2, 0) is 6.42 Å². The van der Waals surface area contributed by atoms with Crippen LogP contribution >= 0.6 is 0 Å². The van der Waals surface area contributed by atoms with E-state index in [0.717, 1.165) is 31.2 Å². The van der Waals surface area contributed by atoms with Crippen LogP contribution in [0.5, 0.6) is 0 Å². The summed E-state index contributed by atoms with van der Waals surface area (Å²) in [5.74, 6) is -1.63. The van der Waals surface area contributed by atoms with Crippen molar-refractivity contribution in [3.05, 3.63) is 96.6 Å². The highest BCUT2D eigenvalue weighted by atomic mass is 19.2. The number of benzene rings is 3. The van der Waals surface area contributed by atoms with Gasteiger partial charge in [-0.25, -0.2) is 8.78 Å². The second-order valence-corrected chi connectivity index (χ2v) is 6.38. The van der Waals surface area contributed by atoms with Crippen LogP contribution in [0.2, 0.25) is 0 Å². The summed E-state index contributed by atoms with van der Waals surface area (Å²) >= 11 is 0. The minimum Gasteiger partial charge on any atom is -0.204 e. The lowest BCUT2D eigenvalue weighted by molar-refractivity contribution is 0.511. The molecule has 0 heterocycles. The van der Waals surface area contributed by atoms with Gasteiger partial charge in [-0.15, -0.1) is 6.58 Å². The maximum atomic E-state index is 14.6. The molecule has 0 nitrogen and oxygen atoms in total. The van der Waals surface area contributed by atoms with E-state index < -0.39 is 11.6 Å². The van der Waals surface area contributed by atoms with E-state index in [2.05, 4.69) is 6.58 Å². The molecule has 0 fully saturated rings. The van der Waals surface area contributed by atoms with Crippen LogP contribution in [-0.4, -0.2) is 0 Å². The molecule has 0 aliphatic heterocycles. The minimum atomic E-state index is -0.826. The summed E-state index contributed by atoms with van der Waals surface area (Å²) in [6.07, 6.45) is 6.14. The van der Waals surface area contributed by atoms with Gasteiger partial charge in [-0.1, -0.05) is 66.7 Å². The first-order valence-corrected chi connectivity index (χ1v) is 8.94. The van der Waals surface area contributed by atoms with Crippen LogP contribution in [0.3, 0.4) is 0 Å². The predicted molar refractivity (Wildman–Crippen MR) is 105 cm³/mol. The molecule has 3 rings (SSSR count). The van der Waals surface area contributed by atoms with E-state index in [1.54, 1.807) is 6.07 Å². The molecule has 2 heteroatoms. The Morgan fingerprint density at radius 1 is 0.769 bits per heavy atom. The lowest BCUT2D eigenvalue weighted by Crippen LogP contribution is -1.94. The fraction of sp³-hybridized carbons (Fsp3) is 0.167. The first-order valence-electron chi connectivity index (χ1n) is 8.94. The van der Waals surface area contributed by atoms with Crippen molar-refractivity contribution < 1.29 is 8.78 Å². The van der Waals surface area contributed by atoms with E-state index in [1.165, 1.54) is 11.6 Å². The standard InChI is InChI=1S/C24H22F2/c1-2-3-4-6-9-18-12-14-20(15-13-18)23-21(16-17-22(25)24(23)26)19-10-7-5-8-11-19/h2,5,7-8,10-17H,1,3-4,6,9H2. The Morgan fingerprint density at radius 3 is 2.19 bits per heavy atom. The normalized spacial score (nSPS) is 10.7. The maximum Gasteiger partial charge on any atom is 0.167 e. The number of rotatable bonds is 7. The van der Waals surface area contributed by atoms with Gasteiger partial charge in [-0.2, -0.15) is 0 Å². The average Bonchev–Trinajstić information content (AvgIpc) is 2.68. The van der Waals surface area contributed by atoms with Gasteiger partial charge < -0.3 is 0 Å². The number of unbranched alkanes of at least 4 members (excludes halogenated alkanes) is 2. The summed E-state index contributed by atoms with van der Waals surface area (Å²) in [4.78, 5) is 0. The molecule has 0 amide bonds. The topological polar surface area (TPSA) is 0 Å². The van der Waals surface area contributed by atoms with Crippen LogP contribution in [0.15, 0.2) is 79.4 Å². The van der Waals surface area contributed by atoms with Crippen LogP contribution in [0.4, 0.5) is 8.78 Å². The molecular weight excluding hydrogens is 326 g/mol. The molecule has 0 saturated carbocycles. The highest BCUT2D eigenvalue weighted by Crippen LogP contribution is 2.35. The molecule has 0 spiro atoms. The van der Waals surface area contributed by atoms with Gasteiger partial charge in [0.2, 0.25) is 0 Å². The minimum absolute atomic E-state index is 0.314. The highest BCUT2D eigenvalue weighted by Gasteiger charge is 2.16. The third-order valence-electron chi connectivity index (χ3n) is 4.55. The van der Waals surface area contributed by atoms with Crippen molar-refractivity contribution in [1.82, 2.24) is 0 Å². The summed E-state index contributed by atoms with van der Waals surface area (Å²) in [5, 5.41) is 0. The van der Waals surface area contributed by atoms with Crippen molar-refractivity contribution in [2.24, 2.45) is 0 Å². The number of hydrogen-bond donors (Lipinski definition) is 0. The molecule has 0 radical (unpaired) electrons. The molecule has 0 saturated heterocycles. The molecule has 0 N–H and O–H groups in total. The van der Waals surface area contributed by atoms with Crippen LogP contribution < -0.4 is 0 Å². The number of hydrogen-bond acceptors (Lipinski definition) is 0. The van der Waals surface area contributed by atoms with E-state index in [-0.39, 0.29) is 0 Å². The Labute approximate surface area is 153 Å². The van der Waals surface area contributed by atoms with Crippen LogP contribution in [0.25, 0.3) is 22.3 Å². The quantitative estimate of drug-likeness (QED) is 0.313. The second kappa shape index (κ2) is 8.57. The molecule has 0 atom stereocenters. The lowest BCUT2D eigenvalue weighted by atomic mass is 9.93. The second-order valence-electron chi connectivity index (χ2n) is 6.38. The van der Waals surface area contributed by atoms with Crippen molar-refractivity contribution in [2.45, 2.75) is 25.7 Å². The zero-order chi connectivity index (χ0) is 18.4. The third-order valence-corrected chi connectivity index (χ3v) is 4.55. The van der Waals surface area contributed by atoms with E-state index >= 15 is 0 Å². The van der Waals surface area contributed by atoms with Crippen molar-refractivity contribution in [3.8, 4) is 22.3 Å². The first-order chi connectivity index (χ1) is 12.7. The van der Waals surface area contributed by atoms with Gasteiger partial charge >= 0.3 is 0 Å². The summed E-state index contributed by atoms with van der Waals surface area (Å²) in [7, 11) is 0.